The van der Waals surface area contributed by atoms with Crippen molar-refractivity contribution in [2.24, 2.45) is 11.7 Å². The van der Waals surface area contributed by atoms with Crippen molar-refractivity contribution in [3.05, 3.63) is 0 Å². The molecule has 0 aliphatic heterocycles. The molecule has 0 aromatic rings. The van der Waals surface area contributed by atoms with Crippen LogP contribution in [0.1, 0.15) is 26.7 Å². The van der Waals surface area contributed by atoms with Gasteiger partial charge in [0, 0.05) is 5.92 Å². The van der Waals surface area contributed by atoms with Crippen LogP contribution in [0.2, 0.25) is 0 Å². The van der Waals surface area contributed by atoms with Gasteiger partial charge in [0.15, 0.2) is 0 Å². The molecule has 0 unspecified atom stereocenters. The largest absolute Gasteiger partial charge is 0.480 e. The van der Waals surface area contributed by atoms with Gasteiger partial charge in [-0.1, -0.05) is 13.8 Å². The zero-order valence-corrected chi connectivity index (χ0v) is 8.62. The lowest BCUT2D eigenvalue weighted by atomic mass is 10.1. The first kappa shape index (κ1) is 12.9. The zero-order valence-electron chi connectivity index (χ0n) is 8.62. The summed E-state index contributed by atoms with van der Waals surface area (Å²) in [5.41, 5.74) is 5.26. The summed E-state index contributed by atoms with van der Waals surface area (Å²) in [6.07, 6.45) is 0.972. The summed E-state index contributed by atoms with van der Waals surface area (Å²) in [4.78, 5) is 21.9. The van der Waals surface area contributed by atoms with Gasteiger partial charge >= 0.3 is 5.97 Å². The highest BCUT2D eigenvalue weighted by Gasteiger charge is 2.20. The summed E-state index contributed by atoms with van der Waals surface area (Å²) in [6.45, 7) is 3.87. The smallest absolute Gasteiger partial charge is 0.326 e. The Balaban J connectivity index is 4.09. The lowest BCUT2D eigenvalue weighted by molar-refractivity contribution is -0.142. The van der Waals surface area contributed by atoms with Crippen LogP contribution >= 0.6 is 0 Å². The Morgan fingerprint density at radius 1 is 1.43 bits per heavy atom. The Kier molecular flexibility index (Phi) is 5.87. The number of carboxylic acids is 1. The monoisotopic (exact) mass is 202 g/mol. The van der Waals surface area contributed by atoms with E-state index in [1.807, 2.05) is 0 Å². The van der Waals surface area contributed by atoms with Gasteiger partial charge in [-0.05, 0) is 19.4 Å². The van der Waals surface area contributed by atoms with Gasteiger partial charge in [0.1, 0.15) is 6.04 Å². The standard InChI is InChI=1S/C9H18N2O3/c1-6(2)8(12)11-7(9(13)14)4-3-5-10/h6-7H,3-5,10H2,1-2H3,(H,11,12)(H,13,14)/t7-/m1/s1. The molecule has 0 aliphatic rings. The van der Waals surface area contributed by atoms with Crippen molar-refractivity contribution < 1.29 is 14.7 Å². The normalized spacial score (nSPS) is 12.6. The Morgan fingerprint density at radius 2 is 2.00 bits per heavy atom. The summed E-state index contributed by atoms with van der Waals surface area (Å²) in [6, 6.07) is -0.812. The highest BCUT2D eigenvalue weighted by Crippen LogP contribution is 1.99. The molecule has 5 nitrogen and oxygen atoms in total. The number of amides is 1. The van der Waals surface area contributed by atoms with E-state index in [4.69, 9.17) is 10.8 Å². The summed E-state index contributed by atoms with van der Waals surface area (Å²) in [5.74, 6) is -1.45. The van der Waals surface area contributed by atoms with Gasteiger partial charge in [-0.3, -0.25) is 4.79 Å². The van der Waals surface area contributed by atoms with Gasteiger partial charge in [0.25, 0.3) is 0 Å². The first-order valence-electron chi connectivity index (χ1n) is 4.72. The van der Waals surface area contributed by atoms with Crippen molar-refractivity contribution >= 4 is 11.9 Å². The van der Waals surface area contributed by atoms with Crippen molar-refractivity contribution in [3.8, 4) is 0 Å². The lowest BCUT2D eigenvalue weighted by Gasteiger charge is -2.15. The maximum Gasteiger partial charge on any atom is 0.326 e. The van der Waals surface area contributed by atoms with Crippen molar-refractivity contribution in [1.82, 2.24) is 5.32 Å². The van der Waals surface area contributed by atoms with E-state index in [0.29, 0.717) is 19.4 Å². The molecule has 0 radical (unpaired) electrons. The Bertz CT molecular complexity index is 204. The maximum absolute atomic E-state index is 11.2. The minimum atomic E-state index is -1.01. The van der Waals surface area contributed by atoms with Crippen LogP contribution in [-0.4, -0.2) is 29.6 Å². The topological polar surface area (TPSA) is 92.4 Å². The highest BCUT2D eigenvalue weighted by molar-refractivity contribution is 5.84. The molecule has 1 amide bonds. The molecule has 0 bridgehead atoms. The third-order valence-electron chi connectivity index (χ3n) is 1.84. The van der Waals surface area contributed by atoms with Gasteiger partial charge in [-0.25, -0.2) is 4.79 Å². The molecule has 82 valence electrons. The summed E-state index contributed by atoms with van der Waals surface area (Å²) < 4.78 is 0. The molecule has 0 saturated heterocycles. The van der Waals surface area contributed by atoms with Crippen LogP contribution in [0.4, 0.5) is 0 Å². The second kappa shape index (κ2) is 6.37. The third-order valence-corrected chi connectivity index (χ3v) is 1.84. The lowest BCUT2D eigenvalue weighted by Crippen LogP contribution is -2.42. The fraction of sp³-hybridized carbons (Fsp3) is 0.778. The SMILES string of the molecule is CC(C)C(=O)N[C@H](CCCN)C(=O)O. The van der Waals surface area contributed by atoms with Crippen LogP contribution in [0, 0.1) is 5.92 Å². The molecule has 0 heterocycles. The van der Waals surface area contributed by atoms with Gasteiger partial charge in [-0.2, -0.15) is 0 Å². The molecule has 0 rings (SSSR count). The molecule has 0 spiro atoms. The molecule has 0 aromatic carbocycles. The zero-order chi connectivity index (χ0) is 11.1. The fourth-order valence-corrected chi connectivity index (χ4v) is 0.918. The van der Waals surface area contributed by atoms with Crippen molar-refractivity contribution in [1.29, 1.82) is 0 Å². The molecule has 5 heteroatoms. The highest BCUT2D eigenvalue weighted by atomic mass is 16.4. The van der Waals surface area contributed by atoms with Crippen LogP contribution in [-0.2, 0) is 9.59 Å². The number of hydrogen-bond acceptors (Lipinski definition) is 3. The average molecular weight is 202 g/mol. The van der Waals surface area contributed by atoms with E-state index in [2.05, 4.69) is 5.32 Å². The number of nitrogens with two attached hydrogens (primary N) is 1. The number of carbonyl (C=O) groups excluding carboxylic acids is 1. The van der Waals surface area contributed by atoms with E-state index >= 15 is 0 Å². The van der Waals surface area contributed by atoms with Crippen molar-refractivity contribution in [2.45, 2.75) is 32.7 Å². The summed E-state index contributed by atoms with van der Waals surface area (Å²) in [7, 11) is 0. The van der Waals surface area contributed by atoms with Gasteiger partial charge in [-0.15, -0.1) is 0 Å². The molecule has 1 atom stereocenters. The molecule has 0 aromatic heterocycles. The van der Waals surface area contributed by atoms with E-state index in [1.165, 1.54) is 0 Å². The fourth-order valence-electron chi connectivity index (χ4n) is 0.918. The van der Waals surface area contributed by atoms with Crippen LogP contribution in [0.3, 0.4) is 0 Å². The van der Waals surface area contributed by atoms with Crippen molar-refractivity contribution in [3.63, 3.8) is 0 Å². The van der Waals surface area contributed by atoms with Gasteiger partial charge in [0.2, 0.25) is 5.91 Å². The molecule has 4 N–H and O–H groups in total. The quantitative estimate of drug-likeness (QED) is 0.563. The maximum atomic E-state index is 11.2. The van der Waals surface area contributed by atoms with E-state index < -0.39 is 12.0 Å². The Hall–Kier alpha value is -1.10. The van der Waals surface area contributed by atoms with Crippen LogP contribution in [0.25, 0.3) is 0 Å². The van der Waals surface area contributed by atoms with E-state index in [0.717, 1.165) is 0 Å². The Labute approximate surface area is 83.7 Å². The van der Waals surface area contributed by atoms with Crippen LogP contribution in [0.5, 0.6) is 0 Å². The third kappa shape index (κ3) is 4.81. The minimum absolute atomic E-state index is 0.199. The number of nitrogens with one attached hydrogen (secondary N) is 1. The van der Waals surface area contributed by atoms with Gasteiger partial charge < -0.3 is 16.2 Å². The van der Waals surface area contributed by atoms with Gasteiger partial charge in [0.05, 0.1) is 0 Å². The number of carbonyl (C=O) groups is 2. The van der Waals surface area contributed by atoms with E-state index in [9.17, 15) is 9.59 Å². The predicted molar refractivity (Wildman–Crippen MR) is 52.7 cm³/mol. The second-order valence-corrected chi connectivity index (χ2v) is 3.49. The predicted octanol–water partition coefficient (Wildman–Crippen LogP) is -0.0493. The molecule has 0 aliphatic carbocycles. The number of hydrogen-bond donors (Lipinski definition) is 3. The average Bonchev–Trinajstić information content (AvgIpc) is 2.10. The van der Waals surface area contributed by atoms with Crippen LogP contribution < -0.4 is 11.1 Å². The summed E-state index contributed by atoms with van der Waals surface area (Å²) in [5, 5.41) is 11.2. The molecular formula is C9H18N2O3. The van der Waals surface area contributed by atoms with E-state index in [-0.39, 0.29) is 11.8 Å². The minimum Gasteiger partial charge on any atom is -0.480 e. The Morgan fingerprint density at radius 3 is 2.36 bits per heavy atom. The first-order valence-corrected chi connectivity index (χ1v) is 4.72. The van der Waals surface area contributed by atoms with Crippen molar-refractivity contribution in [2.75, 3.05) is 6.54 Å². The summed E-state index contributed by atoms with van der Waals surface area (Å²) >= 11 is 0. The molecular weight excluding hydrogens is 184 g/mol. The number of carboxylic acid groups (broad SMARTS) is 1. The number of aliphatic carboxylic acids is 1. The number of rotatable bonds is 6. The first-order chi connectivity index (χ1) is 6.49. The van der Waals surface area contributed by atoms with Crippen LogP contribution in [0.15, 0.2) is 0 Å². The molecule has 0 saturated carbocycles. The van der Waals surface area contributed by atoms with E-state index in [1.54, 1.807) is 13.8 Å². The second-order valence-electron chi connectivity index (χ2n) is 3.49. The molecule has 0 fully saturated rings. The molecule has 14 heavy (non-hydrogen) atoms.